The van der Waals surface area contributed by atoms with Crippen LogP contribution < -0.4 is 15.8 Å². The van der Waals surface area contributed by atoms with Gasteiger partial charge in [0.15, 0.2) is 0 Å². The highest BCUT2D eigenvalue weighted by atomic mass is 32.2. The molecule has 29 heavy (non-hydrogen) atoms. The molecule has 148 valence electrons. The molecule has 2 atom stereocenters. The van der Waals surface area contributed by atoms with E-state index < -0.39 is 0 Å². The first kappa shape index (κ1) is 19.2. The van der Waals surface area contributed by atoms with Gasteiger partial charge in [0.05, 0.1) is 22.7 Å². The Kier molecular flexibility index (Phi) is 5.64. The van der Waals surface area contributed by atoms with E-state index in [1.165, 1.54) is 18.2 Å². The molecule has 1 amide bonds. The summed E-state index contributed by atoms with van der Waals surface area (Å²) in [5.74, 6) is 0.341. The molecule has 3 aromatic rings. The minimum Gasteiger partial charge on any atom is -0.448 e. The highest BCUT2D eigenvalue weighted by Crippen LogP contribution is 2.33. The lowest BCUT2D eigenvalue weighted by Crippen LogP contribution is -2.40. The Labute approximate surface area is 172 Å². The molecule has 0 bridgehead atoms. The van der Waals surface area contributed by atoms with E-state index in [0.29, 0.717) is 12.4 Å². The van der Waals surface area contributed by atoms with Gasteiger partial charge in [-0.15, -0.1) is 0 Å². The van der Waals surface area contributed by atoms with Crippen molar-refractivity contribution in [3.05, 3.63) is 78.0 Å². The van der Waals surface area contributed by atoms with Gasteiger partial charge in [0.2, 0.25) is 11.7 Å². The van der Waals surface area contributed by atoms with Crippen molar-refractivity contribution in [1.82, 2.24) is 15.0 Å². The third-order valence-electron chi connectivity index (χ3n) is 4.63. The largest absolute Gasteiger partial charge is 0.448 e. The molecule has 1 aromatic heterocycles. The Balaban J connectivity index is 1.49. The second-order valence-electron chi connectivity index (χ2n) is 6.72. The van der Waals surface area contributed by atoms with E-state index in [1.807, 2.05) is 55.5 Å². The first-order valence-electron chi connectivity index (χ1n) is 9.25. The monoisotopic (exact) mass is 407 g/mol. The summed E-state index contributed by atoms with van der Waals surface area (Å²) in [7, 11) is 0. The quantitative estimate of drug-likeness (QED) is 0.542. The van der Waals surface area contributed by atoms with Crippen molar-refractivity contribution in [3.8, 4) is 0 Å². The summed E-state index contributed by atoms with van der Waals surface area (Å²) in [6.45, 7) is 2.27. The van der Waals surface area contributed by atoms with Crippen molar-refractivity contribution in [2.75, 3.05) is 6.54 Å². The number of hydrogen-bond acceptors (Lipinski definition) is 7. The number of amides is 1. The number of fused-ring (bicyclic) bond motifs is 1. The van der Waals surface area contributed by atoms with Gasteiger partial charge in [-0.2, -0.15) is 0 Å². The van der Waals surface area contributed by atoms with Crippen molar-refractivity contribution < 1.29 is 9.21 Å². The first-order chi connectivity index (χ1) is 14.1. The fraction of sp³-hybridized carbons (Fsp3) is 0.190. The van der Waals surface area contributed by atoms with Crippen molar-refractivity contribution >= 4 is 29.4 Å². The van der Waals surface area contributed by atoms with Crippen LogP contribution in [0.3, 0.4) is 0 Å². The average Bonchev–Trinajstić information content (AvgIpc) is 3.28. The van der Waals surface area contributed by atoms with Crippen LogP contribution in [0.15, 0.2) is 75.3 Å². The third-order valence-corrected chi connectivity index (χ3v) is 5.48. The summed E-state index contributed by atoms with van der Waals surface area (Å²) in [6.07, 6.45) is 3.13. The van der Waals surface area contributed by atoms with Crippen molar-refractivity contribution in [3.63, 3.8) is 0 Å². The lowest BCUT2D eigenvalue weighted by Gasteiger charge is -2.19. The van der Waals surface area contributed by atoms with Gasteiger partial charge in [0.25, 0.3) is 5.91 Å². The first-order valence-corrected chi connectivity index (χ1v) is 10.1. The van der Waals surface area contributed by atoms with E-state index in [4.69, 9.17) is 10.2 Å². The fourth-order valence-electron chi connectivity index (χ4n) is 3.05. The second-order valence-corrected chi connectivity index (χ2v) is 7.57. The van der Waals surface area contributed by atoms with Gasteiger partial charge in [-0.1, -0.05) is 36.4 Å². The summed E-state index contributed by atoms with van der Waals surface area (Å²) in [5.41, 5.74) is 8.72. The van der Waals surface area contributed by atoms with Gasteiger partial charge < -0.3 is 20.2 Å². The van der Waals surface area contributed by atoms with Crippen molar-refractivity contribution in [1.29, 1.82) is 0 Å². The van der Waals surface area contributed by atoms with Crippen LogP contribution in [0.4, 0.5) is 5.69 Å². The summed E-state index contributed by atoms with van der Waals surface area (Å²) in [6, 6.07) is 15.6. The number of rotatable bonds is 6. The van der Waals surface area contributed by atoms with Gasteiger partial charge in [0, 0.05) is 12.6 Å². The normalized spacial score (nSPS) is 14.9. The summed E-state index contributed by atoms with van der Waals surface area (Å²) in [5, 5.41) is 2.93. The van der Waals surface area contributed by atoms with Gasteiger partial charge in [0.1, 0.15) is 6.26 Å². The number of aromatic nitrogens is 1. The molecule has 4 N–H and O–H groups in total. The number of amidine groups is 1. The lowest BCUT2D eigenvalue weighted by atomic mass is 9.99. The molecule has 0 saturated carbocycles. The number of carbonyl (C=O) groups excluding carboxylic acids is 1. The maximum atomic E-state index is 12.7. The maximum absolute atomic E-state index is 12.7. The van der Waals surface area contributed by atoms with Crippen LogP contribution in [0.5, 0.6) is 0 Å². The van der Waals surface area contributed by atoms with E-state index in [-0.39, 0.29) is 23.7 Å². The van der Waals surface area contributed by atoms with Crippen LogP contribution in [0, 0.1) is 0 Å². The Hall–Kier alpha value is -3.10. The van der Waals surface area contributed by atoms with Crippen molar-refractivity contribution in [2.24, 2.45) is 10.7 Å². The highest BCUT2D eigenvalue weighted by molar-refractivity contribution is 7.98. The molecule has 2 aromatic carbocycles. The Morgan fingerprint density at radius 1 is 1.24 bits per heavy atom. The van der Waals surface area contributed by atoms with E-state index in [1.54, 1.807) is 6.20 Å². The molecule has 2 unspecified atom stereocenters. The zero-order chi connectivity index (χ0) is 20.2. The molecule has 0 fully saturated rings. The summed E-state index contributed by atoms with van der Waals surface area (Å²) < 4.78 is 8.50. The minimum atomic E-state index is -0.285. The number of nitrogens with two attached hydrogens (primary N) is 1. The molecule has 4 rings (SSSR count). The van der Waals surface area contributed by atoms with Gasteiger partial charge in [-0.3, -0.25) is 4.79 Å². The lowest BCUT2D eigenvalue weighted by molar-refractivity contribution is -0.115. The summed E-state index contributed by atoms with van der Waals surface area (Å²) in [4.78, 5) is 22.4. The topological polar surface area (TPSA) is 106 Å². The Morgan fingerprint density at radius 2 is 2.07 bits per heavy atom. The standard InChI is InChI=1S/C21H21N5O2S/c1-13(22)15-7-8-17-18(11-15)29-26-19(25-17)20(27)24-12-16(21-23-9-10-28-21)14-5-3-2-4-6-14/h2-11,13,16H,12,22H2,1H3,(H,24,27)(H,25,26). The number of oxazole rings is 1. The second kappa shape index (κ2) is 8.50. The molecule has 2 heterocycles. The minimum absolute atomic E-state index is 0.0558. The van der Waals surface area contributed by atoms with Crippen LogP contribution >= 0.6 is 11.9 Å². The predicted octanol–water partition coefficient (Wildman–Crippen LogP) is 3.28. The Morgan fingerprint density at radius 3 is 2.79 bits per heavy atom. The predicted molar refractivity (Wildman–Crippen MR) is 113 cm³/mol. The molecule has 0 saturated heterocycles. The van der Waals surface area contributed by atoms with Crippen LogP contribution in [-0.4, -0.2) is 23.3 Å². The fourth-order valence-corrected chi connectivity index (χ4v) is 3.81. The smallest absolute Gasteiger partial charge is 0.287 e. The van der Waals surface area contributed by atoms with Gasteiger partial charge >= 0.3 is 0 Å². The number of benzene rings is 2. The molecular formula is C21H21N5O2S. The number of carbonyl (C=O) groups is 1. The van der Waals surface area contributed by atoms with E-state index >= 15 is 0 Å². The zero-order valence-electron chi connectivity index (χ0n) is 15.8. The molecule has 0 spiro atoms. The van der Waals surface area contributed by atoms with Crippen LogP contribution in [-0.2, 0) is 4.79 Å². The van der Waals surface area contributed by atoms with E-state index in [9.17, 15) is 4.79 Å². The van der Waals surface area contributed by atoms with Crippen molar-refractivity contribution in [2.45, 2.75) is 23.8 Å². The van der Waals surface area contributed by atoms with Gasteiger partial charge in [-0.05, 0) is 42.1 Å². The third kappa shape index (κ3) is 4.33. The molecule has 7 nitrogen and oxygen atoms in total. The van der Waals surface area contributed by atoms with E-state index in [2.05, 4.69) is 20.0 Å². The molecular weight excluding hydrogens is 386 g/mol. The zero-order valence-corrected chi connectivity index (χ0v) is 16.6. The summed E-state index contributed by atoms with van der Waals surface area (Å²) >= 11 is 1.36. The number of nitrogens with zero attached hydrogens (tertiary/aromatic N) is 2. The number of nitrogens with one attached hydrogen (secondary N) is 2. The van der Waals surface area contributed by atoms with Crippen LogP contribution in [0.1, 0.15) is 35.9 Å². The van der Waals surface area contributed by atoms with Gasteiger partial charge in [-0.25, -0.2) is 9.98 Å². The molecule has 0 radical (unpaired) electrons. The van der Waals surface area contributed by atoms with E-state index in [0.717, 1.165) is 21.7 Å². The average molecular weight is 407 g/mol. The molecule has 1 aliphatic heterocycles. The highest BCUT2D eigenvalue weighted by Gasteiger charge is 2.23. The molecule has 8 heteroatoms. The SMILES string of the molecule is CC(N)c1ccc2c(c1)SNC(C(=O)NCC(c1ccccc1)c1ncco1)=N2. The molecule has 0 aliphatic carbocycles. The number of hydrogen-bond donors (Lipinski definition) is 3. The Bertz CT molecular complexity index is 1020. The maximum Gasteiger partial charge on any atom is 0.287 e. The number of aliphatic imine (C=N–C) groups is 1. The van der Waals surface area contributed by atoms with Crippen LogP contribution in [0.2, 0.25) is 0 Å². The van der Waals surface area contributed by atoms with Crippen LogP contribution in [0.25, 0.3) is 0 Å². The molecule has 1 aliphatic rings.